The van der Waals surface area contributed by atoms with Gasteiger partial charge < -0.3 is 0 Å². The van der Waals surface area contributed by atoms with E-state index in [-0.39, 0.29) is 6.54 Å². The molecule has 0 radical (unpaired) electrons. The number of hydrogen-bond acceptors (Lipinski definition) is 3. The fourth-order valence-corrected chi connectivity index (χ4v) is 0.971. The van der Waals surface area contributed by atoms with Gasteiger partial charge >= 0.3 is 0 Å². The van der Waals surface area contributed by atoms with Crippen molar-refractivity contribution >= 4 is 11.3 Å². The van der Waals surface area contributed by atoms with Gasteiger partial charge in [-0.25, -0.2) is 4.98 Å². The second-order valence-corrected chi connectivity index (χ2v) is 2.42. The SMILES string of the molecule is [N-]=[N+]=NCC#Cc1nccs1. The molecule has 0 N–H and O–H groups in total. The van der Waals surface area contributed by atoms with Crippen LogP contribution in [0.4, 0.5) is 0 Å². The Kier molecular flexibility index (Phi) is 3.00. The van der Waals surface area contributed by atoms with E-state index < -0.39 is 0 Å². The van der Waals surface area contributed by atoms with Gasteiger partial charge in [-0.05, 0) is 11.5 Å². The Hall–Kier alpha value is -1.50. The lowest BCUT2D eigenvalue weighted by atomic mass is 10.6. The van der Waals surface area contributed by atoms with Crippen molar-refractivity contribution in [2.24, 2.45) is 5.11 Å². The van der Waals surface area contributed by atoms with Crippen LogP contribution in [0.1, 0.15) is 5.01 Å². The Morgan fingerprint density at radius 2 is 2.73 bits per heavy atom. The lowest BCUT2D eigenvalue weighted by molar-refractivity contribution is 1.25. The molecule has 1 heterocycles. The molecule has 0 aliphatic heterocycles. The maximum absolute atomic E-state index is 7.90. The molecule has 0 aromatic carbocycles. The van der Waals surface area contributed by atoms with Gasteiger partial charge in [0.2, 0.25) is 0 Å². The summed E-state index contributed by atoms with van der Waals surface area (Å²) in [5.74, 6) is 5.42. The Labute approximate surface area is 67.5 Å². The molecule has 54 valence electrons. The van der Waals surface area contributed by atoms with Crippen molar-refractivity contribution in [1.82, 2.24) is 4.98 Å². The van der Waals surface area contributed by atoms with Crippen LogP contribution >= 0.6 is 11.3 Å². The Balaban J connectivity index is 2.52. The standard InChI is InChI=1S/C6H4N4S/c7-10-9-3-1-2-6-8-4-5-11-6/h4-5H,3H2. The molecule has 0 spiro atoms. The summed E-state index contributed by atoms with van der Waals surface area (Å²) in [7, 11) is 0. The molecular formula is C6H4N4S. The van der Waals surface area contributed by atoms with Gasteiger partial charge in [0.05, 0.1) is 6.54 Å². The molecule has 11 heavy (non-hydrogen) atoms. The molecular weight excluding hydrogens is 160 g/mol. The molecule has 4 nitrogen and oxygen atoms in total. The molecule has 0 aliphatic carbocycles. The summed E-state index contributed by atoms with van der Waals surface area (Å²) in [5.41, 5.74) is 7.90. The van der Waals surface area contributed by atoms with E-state index in [1.807, 2.05) is 5.38 Å². The highest BCUT2D eigenvalue weighted by Crippen LogP contribution is 1.99. The van der Waals surface area contributed by atoms with Crippen LogP contribution < -0.4 is 0 Å². The van der Waals surface area contributed by atoms with Gasteiger partial charge in [-0.1, -0.05) is 11.0 Å². The van der Waals surface area contributed by atoms with Crippen molar-refractivity contribution in [1.29, 1.82) is 0 Å². The van der Waals surface area contributed by atoms with Gasteiger partial charge in [0.25, 0.3) is 0 Å². The van der Waals surface area contributed by atoms with Gasteiger partial charge in [0.1, 0.15) is 0 Å². The molecule has 5 heteroatoms. The zero-order valence-electron chi connectivity index (χ0n) is 5.56. The lowest BCUT2D eigenvalue weighted by Gasteiger charge is -1.72. The summed E-state index contributed by atoms with van der Waals surface area (Å²) in [5, 5.41) is 5.85. The van der Waals surface area contributed by atoms with Crippen LogP contribution in [0.25, 0.3) is 10.4 Å². The first-order chi connectivity index (χ1) is 5.43. The van der Waals surface area contributed by atoms with E-state index in [0.29, 0.717) is 0 Å². The van der Waals surface area contributed by atoms with Crippen molar-refractivity contribution < 1.29 is 0 Å². The van der Waals surface area contributed by atoms with Crippen molar-refractivity contribution in [3.05, 3.63) is 27.0 Å². The lowest BCUT2D eigenvalue weighted by Crippen LogP contribution is -1.70. The minimum atomic E-state index is 0.204. The minimum absolute atomic E-state index is 0.204. The summed E-state index contributed by atoms with van der Waals surface area (Å²) in [6.07, 6.45) is 1.68. The maximum Gasteiger partial charge on any atom is 0.166 e. The van der Waals surface area contributed by atoms with E-state index in [4.69, 9.17) is 5.53 Å². The van der Waals surface area contributed by atoms with Crippen LogP contribution in [0, 0.1) is 11.8 Å². The number of aromatic nitrogens is 1. The van der Waals surface area contributed by atoms with Gasteiger partial charge in [-0.3, -0.25) is 0 Å². The molecule has 0 amide bonds. The van der Waals surface area contributed by atoms with Gasteiger partial charge in [0, 0.05) is 16.5 Å². The van der Waals surface area contributed by atoms with Crippen LogP contribution in [0.15, 0.2) is 16.7 Å². The van der Waals surface area contributed by atoms with E-state index in [2.05, 4.69) is 26.9 Å². The Morgan fingerprint density at radius 3 is 3.36 bits per heavy atom. The third-order valence-corrected chi connectivity index (χ3v) is 1.53. The molecule has 0 unspecified atom stereocenters. The summed E-state index contributed by atoms with van der Waals surface area (Å²) in [6, 6.07) is 0. The molecule has 0 fully saturated rings. The molecule has 1 aromatic heterocycles. The van der Waals surface area contributed by atoms with Crippen molar-refractivity contribution in [3.8, 4) is 11.8 Å². The highest BCUT2D eigenvalue weighted by Gasteiger charge is 1.83. The zero-order chi connectivity index (χ0) is 7.94. The number of azide groups is 1. The summed E-state index contributed by atoms with van der Waals surface area (Å²) in [4.78, 5) is 6.48. The fourth-order valence-electron chi connectivity index (χ4n) is 0.467. The van der Waals surface area contributed by atoms with Crippen LogP contribution in [0.2, 0.25) is 0 Å². The second kappa shape index (κ2) is 4.34. The summed E-state index contributed by atoms with van der Waals surface area (Å²) in [6.45, 7) is 0.204. The number of rotatable bonds is 1. The Morgan fingerprint density at radius 1 is 1.82 bits per heavy atom. The highest BCUT2D eigenvalue weighted by atomic mass is 32.1. The van der Waals surface area contributed by atoms with Crippen molar-refractivity contribution in [2.45, 2.75) is 0 Å². The predicted molar refractivity (Wildman–Crippen MR) is 43.0 cm³/mol. The van der Waals surface area contributed by atoms with E-state index in [1.54, 1.807) is 6.20 Å². The normalized spacial score (nSPS) is 7.64. The number of thiazole rings is 1. The third kappa shape index (κ3) is 2.72. The van der Waals surface area contributed by atoms with Crippen LogP contribution in [0.5, 0.6) is 0 Å². The van der Waals surface area contributed by atoms with Crippen molar-refractivity contribution in [3.63, 3.8) is 0 Å². The number of nitrogens with zero attached hydrogens (tertiary/aromatic N) is 4. The van der Waals surface area contributed by atoms with Crippen LogP contribution in [0.3, 0.4) is 0 Å². The van der Waals surface area contributed by atoms with E-state index >= 15 is 0 Å². The first-order valence-corrected chi connectivity index (χ1v) is 3.70. The second-order valence-electron chi connectivity index (χ2n) is 1.53. The summed E-state index contributed by atoms with van der Waals surface area (Å²) >= 11 is 1.46. The highest BCUT2D eigenvalue weighted by molar-refractivity contribution is 7.10. The monoisotopic (exact) mass is 164 g/mol. The molecule has 0 saturated carbocycles. The van der Waals surface area contributed by atoms with Gasteiger partial charge in [-0.2, -0.15) is 0 Å². The molecule has 0 atom stereocenters. The number of hydrogen-bond donors (Lipinski definition) is 0. The topological polar surface area (TPSA) is 61.7 Å². The Bertz CT molecular complexity index is 312. The minimum Gasteiger partial charge on any atom is -0.236 e. The predicted octanol–water partition coefficient (Wildman–Crippen LogP) is 1.80. The molecule has 0 bridgehead atoms. The van der Waals surface area contributed by atoms with Gasteiger partial charge in [-0.15, -0.1) is 11.3 Å². The van der Waals surface area contributed by atoms with Crippen LogP contribution in [-0.2, 0) is 0 Å². The fraction of sp³-hybridized carbons (Fsp3) is 0.167. The van der Waals surface area contributed by atoms with E-state index in [9.17, 15) is 0 Å². The summed E-state index contributed by atoms with van der Waals surface area (Å²) < 4.78 is 0. The molecule has 1 aromatic rings. The molecule has 0 aliphatic rings. The van der Waals surface area contributed by atoms with E-state index in [0.717, 1.165) is 5.01 Å². The van der Waals surface area contributed by atoms with E-state index in [1.165, 1.54) is 11.3 Å². The zero-order valence-corrected chi connectivity index (χ0v) is 6.38. The first kappa shape index (κ1) is 7.61. The maximum atomic E-state index is 7.90. The van der Waals surface area contributed by atoms with Crippen LogP contribution in [-0.4, -0.2) is 11.5 Å². The molecule has 0 saturated heterocycles. The van der Waals surface area contributed by atoms with Crippen molar-refractivity contribution in [2.75, 3.05) is 6.54 Å². The van der Waals surface area contributed by atoms with Gasteiger partial charge in [0.15, 0.2) is 5.01 Å². The molecule has 1 rings (SSSR count). The average Bonchev–Trinajstić information content (AvgIpc) is 2.50. The first-order valence-electron chi connectivity index (χ1n) is 2.82. The largest absolute Gasteiger partial charge is 0.236 e. The smallest absolute Gasteiger partial charge is 0.166 e. The third-order valence-electron chi connectivity index (χ3n) is 0.841. The quantitative estimate of drug-likeness (QED) is 0.270. The average molecular weight is 164 g/mol.